The summed E-state index contributed by atoms with van der Waals surface area (Å²) in [6.45, 7) is 9.28. The summed E-state index contributed by atoms with van der Waals surface area (Å²) in [7, 11) is 0. The van der Waals surface area contributed by atoms with Gasteiger partial charge in [-0.2, -0.15) is 0 Å². The second-order valence-electron chi connectivity index (χ2n) is 10.7. The lowest BCUT2D eigenvalue weighted by atomic mass is 9.94. The van der Waals surface area contributed by atoms with Gasteiger partial charge in [0.2, 0.25) is 5.78 Å². The van der Waals surface area contributed by atoms with Gasteiger partial charge in [-0.25, -0.2) is 0 Å². The van der Waals surface area contributed by atoms with Gasteiger partial charge in [-0.15, -0.1) is 0 Å². The molecule has 0 saturated carbocycles. The molecular weight excluding hydrogens is 496 g/mol. The van der Waals surface area contributed by atoms with Crippen molar-refractivity contribution in [2.24, 2.45) is 0 Å². The van der Waals surface area contributed by atoms with E-state index in [2.05, 4.69) is 6.92 Å². The molecule has 0 spiro atoms. The quantitative estimate of drug-likeness (QED) is 0.216. The number of carbonyl (C=O) groups is 2. The van der Waals surface area contributed by atoms with Gasteiger partial charge >= 0.3 is 0 Å². The first-order valence-electron chi connectivity index (χ1n) is 14.2. The molecule has 2 aromatic rings. The number of fused-ring (bicyclic) bond motifs is 1. The van der Waals surface area contributed by atoms with Crippen molar-refractivity contribution in [3.63, 3.8) is 0 Å². The number of morpholine rings is 1. The summed E-state index contributed by atoms with van der Waals surface area (Å²) in [4.78, 5) is 29.8. The summed E-state index contributed by atoms with van der Waals surface area (Å²) in [6.07, 6.45) is 3.42. The average molecular weight is 535 g/mol. The number of amides is 1. The van der Waals surface area contributed by atoms with E-state index in [1.54, 1.807) is 23.1 Å². The molecule has 8 heteroatoms. The number of Topliss-reactive ketones (excluding diaryl/α,β-unsaturated/α-hetero) is 1. The van der Waals surface area contributed by atoms with Crippen LogP contribution in [0.1, 0.15) is 55.8 Å². The van der Waals surface area contributed by atoms with Crippen molar-refractivity contribution in [3.8, 4) is 11.5 Å². The SMILES string of the molecule is CCCCOc1cccc(C2C(=C([O-])c3ccc4c(c3)CC(C)O4)C(=O)C(=O)N2CCC[NH+]2CCOCC2)c1. The summed E-state index contributed by atoms with van der Waals surface area (Å²) in [5.74, 6) is -0.305. The molecule has 1 amide bonds. The fourth-order valence-electron chi connectivity index (χ4n) is 5.68. The average Bonchev–Trinajstić information content (AvgIpc) is 3.44. The van der Waals surface area contributed by atoms with E-state index in [0.29, 0.717) is 36.4 Å². The Morgan fingerprint density at radius 3 is 2.74 bits per heavy atom. The van der Waals surface area contributed by atoms with Gasteiger partial charge in [0.1, 0.15) is 30.7 Å². The van der Waals surface area contributed by atoms with E-state index >= 15 is 0 Å². The molecular formula is C31H38N2O6. The van der Waals surface area contributed by atoms with Crippen molar-refractivity contribution in [1.29, 1.82) is 0 Å². The first-order valence-corrected chi connectivity index (χ1v) is 14.2. The van der Waals surface area contributed by atoms with Gasteiger partial charge in [0.25, 0.3) is 5.91 Å². The number of quaternary nitrogens is 1. The molecule has 208 valence electrons. The third kappa shape index (κ3) is 5.97. The predicted octanol–water partition coefficient (Wildman–Crippen LogP) is 1.72. The van der Waals surface area contributed by atoms with Crippen LogP contribution in [0.5, 0.6) is 11.5 Å². The van der Waals surface area contributed by atoms with Gasteiger partial charge in [-0.1, -0.05) is 37.3 Å². The first-order chi connectivity index (χ1) is 19.0. The highest BCUT2D eigenvalue weighted by molar-refractivity contribution is 6.46. The van der Waals surface area contributed by atoms with E-state index in [1.807, 2.05) is 31.2 Å². The Morgan fingerprint density at radius 1 is 1.13 bits per heavy atom. The summed E-state index contributed by atoms with van der Waals surface area (Å²) in [5, 5.41) is 13.9. The first kappa shape index (κ1) is 27.2. The molecule has 39 heavy (non-hydrogen) atoms. The Kier molecular flexibility index (Phi) is 8.53. The molecule has 0 aromatic heterocycles. The minimum Gasteiger partial charge on any atom is -0.872 e. The molecule has 3 heterocycles. The zero-order valence-electron chi connectivity index (χ0n) is 22.9. The number of nitrogens with one attached hydrogen (secondary N) is 1. The highest BCUT2D eigenvalue weighted by Gasteiger charge is 2.44. The van der Waals surface area contributed by atoms with Crippen molar-refractivity contribution in [1.82, 2.24) is 4.90 Å². The Bertz CT molecular complexity index is 1240. The van der Waals surface area contributed by atoms with Crippen LogP contribution in [0.3, 0.4) is 0 Å². The zero-order valence-corrected chi connectivity index (χ0v) is 22.9. The van der Waals surface area contributed by atoms with Crippen molar-refractivity contribution < 1.29 is 33.8 Å². The van der Waals surface area contributed by atoms with E-state index in [1.165, 1.54) is 4.90 Å². The minimum atomic E-state index is -0.754. The predicted molar refractivity (Wildman–Crippen MR) is 144 cm³/mol. The molecule has 1 N–H and O–H groups in total. The van der Waals surface area contributed by atoms with Crippen LogP contribution in [0.4, 0.5) is 0 Å². The summed E-state index contributed by atoms with van der Waals surface area (Å²) in [6, 6.07) is 12.0. The largest absolute Gasteiger partial charge is 0.872 e. The van der Waals surface area contributed by atoms with Crippen molar-refractivity contribution in [2.75, 3.05) is 46.0 Å². The molecule has 3 aliphatic heterocycles. The minimum absolute atomic E-state index is 0.0105. The van der Waals surface area contributed by atoms with Crippen molar-refractivity contribution >= 4 is 17.4 Å². The third-order valence-electron chi connectivity index (χ3n) is 7.76. The van der Waals surface area contributed by atoms with Gasteiger partial charge in [0.05, 0.1) is 32.4 Å². The lowest BCUT2D eigenvalue weighted by Gasteiger charge is -2.29. The van der Waals surface area contributed by atoms with Crippen LogP contribution in [-0.4, -0.2) is 68.7 Å². The lowest BCUT2D eigenvalue weighted by molar-refractivity contribution is -0.908. The summed E-state index contributed by atoms with van der Waals surface area (Å²) in [5.41, 5.74) is 2.07. The molecule has 2 fully saturated rings. The lowest BCUT2D eigenvalue weighted by Crippen LogP contribution is -3.14. The fourth-order valence-corrected chi connectivity index (χ4v) is 5.68. The van der Waals surface area contributed by atoms with E-state index in [9.17, 15) is 14.7 Å². The van der Waals surface area contributed by atoms with Gasteiger partial charge in [-0.05, 0) is 54.3 Å². The molecule has 2 atom stereocenters. The van der Waals surface area contributed by atoms with Crippen LogP contribution in [0.25, 0.3) is 5.76 Å². The maximum atomic E-state index is 13.9. The topological polar surface area (TPSA) is 92.6 Å². The van der Waals surface area contributed by atoms with Gasteiger partial charge < -0.3 is 29.1 Å². The maximum Gasteiger partial charge on any atom is 0.295 e. The molecule has 0 radical (unpaired) electrons. The zero-order chi connectivity index (χ0) is 27.4. The van der Waals surface area contributed by atoms with Gasteiger partial charge in [0, 0.05) is 25.0 Å². The van der Waals surface area contributed by atoms with Crippen LogP contribution < -0.4 is 19.5 Å². The smallest absolute Gasteiger partial charge is 0.295 e. The number of ether oxygens (including phenoxy) is 3. The Hall–Kier alpha value is -3.36. The van der Waals surface area contributed by atoms with Crippen LogP contribution in [0.15, 0.2) is 48.0 Å². The number of rotatable bonds is 10. The highest BCUT2D eigenvalue weighted by atomic mass is 16.5. The van der Waals surface area contributed by atoms with Crippen molar-refractivity contribution in [3.05, 3.63) is 64.7 Å². The van der Waals surface area contributed by atoms with Crippen LogP contribution in [0.2, 0.25) is 0 Å². The van der Waals surface area contributed by atoms with Crippen LogP contribution >= 0.6 is 0 Å². The van der Waals surface area contributed by atoms with E-state index < -0.39 is 23.5 Å². The monoisotopic (exact) mass is 534 g/mol. The Morgan fingerprint density at radius 2 is 1.95 bits per heavy atom. The van der Waals surface area contributed by atoms with Crippen LogP contribution in [0, 0.1) is 0 Å². The maximum absolute atomic E-state index is 13.9. The number of carbonyl (C=O) groups excluding carboxylic acids is 2. The van der Waals surface area contributed by atoms with Crippen molar-refractivity contribution in [2.45, 2.75) is 51.7 Å². The molecule has 8 nitrogen and oxygen atoms in total. The molecule has 5 rings (SSSR count). The van der Waals surface area contributed by atoms with E-state index in [0.717, 1.165) is 63.4 Å². The number of unbranched alkanes of at least 4 members (excludes halogenated alkanes) is 1. The number of hydrogen-bond donors (Lipinski definition) is 1. The summed E-state index contributed by atoms with van der Waals surface area (Å²) < 4.78 is 17.2. The number of likely N-dealkylation sites (tertiary alicyclic amines) is 1. The van der Waals surface area contributed by atoms with Gasteiger partial charge in [0.15, 0.2) is 0 Å². The molecule has 0 aliphatic carbocycles. The number of nitrogens with zero attached hydrogens (tertiary/aromatic N) is 1. The molecule has 3 aliphatic rings. The normalized spacial score (nSPS) is 22.7. The second kappa shape index (κ2) is 12.2. The Balaban J connectivity index is 1.48. The summed E-state index contributed by atoms with van der Waals surface area (Å²) >= 11 is 0. The van der Waals surface area contributed by atoms with Gasteiger partial charge in [-0.3, -0.25) is 9.59 Å². The fraction of sp³-hybridized carbons (Fsp3) is 0.484. The van der Waals surface area contributed by atoms with E-state index in [4.69, 9.17) is 14.2 Å². The molecule has 2 unspecified atom stereocenters. The third-order valence-corrected chi connectivity index (χ3v) is 7.76. The number of hydrogen-bond acceptors (Lipinski definition) is 6. The molecule has 2 saturated heterocycles. The number of ketones is 1. The number of benzene rings is 2. The van der Waals surface area contributed by atoms with E-state index in [-0.39, 0.29) is 11.7 Å². The highest BCUT2D eigenvalue weighted by Crippen LogP contribution is 2.40. The standard InChI is InChI=1S/C31H38N2O6/c1-3-4-15-38-25-8-5-7-22(20-25)28-27(29(34)23-9-10-26-24(19-23)18-21(2)39-26)30(35)31(36)33(28)12-6-11-32-13-16-37-17-14-32/h5,7-10,19-21,28,34H,3-4,6,11-18H2,1-2H3. The molecule has 0 bridgehead atoms. The Labute approximate surface area is 230 Å². The molecule has 2 aromatic carbocycles. The second-order valence-corrected chi connectivity index (χ2v) is 10.7. The van der Waals surface area contributed by atoms with Crippen LogP contribution in [-0.2, 0) is 20.7 Å².